The van der Waals surface area contributed by atoms with E-state index in [0.29, 0.717) is 12.5 Å². The van der Waals surface area contributed by atoms with Crippen molar-refractivity contribution in [1.82, 2.24) is 0 Å². The van der Waals surface area contributed by atoms with Gasteiger partial charge in [-0.1, -0.05) is 78.5 Å². The molecule has 1 aliphatic heterocycles. The predicted molar refractivity (Wildman–Crippen MR) is 126 cm³/mol. The standard InChI is InChI=1S/C24H22N4OS/c1-18-10-8-9-15-21(18)26-22(29)16-30-24-27-23(19-11-4-2-5-12-19)25-17-28(24)20-13-6-3-7-14-20/h2-15H,16-17H2,1H3,(H,26,29). The number of aliphatic imine (C=N–C) groups is 2. The first kappa shape index (κ1) is 19.9. The number of hydrogen-bond donors (Lipinski definition) is 1. The van der Waals surface area contributed by atoms with Gasteiger partial charge in [0.1, 0.15) is 6.67 Å². The zero-order valence-corrected chi connectivity index (χ0v) is 17.5. The van der Waals surface area contributed by atoms with Gasteiger partial charge in [0.05, 0.1) is 5.75 Å². The molecule has 0 saturated carbocycles. The Morgan fingerprint density at radius 3 is 2.37 bits per heavy atom. The van der Waals surface area contributed by atoms with Gasteiger partial charge in [-0.2, -0.15) is 0 Å². The van der Waals surface area contributed by atoms with Gasteiger partial charge in [0.2, 0.25) is 5.91 Å². The van der Waals surface area contributed by atoms with E-state index in [1.807, 2.05) is 96.8 Å². The van der Waals surface area contributed by atoms with Crippen molar-refractivity contribution in [2.45, 2.75) is 6.92 Å². The maximum atomic E-state index is 12.6. The Kier molecular flexibility index (Phi) is 6.25. The van der Waals surface area contributed by atoms with Gasteiger partial charge in [0.25, 0.3) is 0 Å². The van der Waals surface area contributed by atoms with Crippen LogP contribution in [-0.2, 0) is 4.79 Å². The highest BCUT2D eigenvalue weighted by Gasteiger charge is 2.21. The van der Waals surface area contributed by atoms with Crippen molar-refractivity contribution in [1.29, 1.82) is 0 Å². The fraction of sp³-hybridized carbons (Fsp3) is 0.125. The molecule has 30 heavy (non-hydrogen) atoms. The zero-order valence-electron chi connectivity index (χ0n) is 16.7. The maximum absolute atomic E-state index is 12.6. The van der Waals surface area contributed by atoms with Gasteiger partial charge < -0.3 is 10.2 Å². The minimum atomic E-state index is -0.0613. The van der Waals surface area contributed by atoms with Gasteiger partial charge in [-0.25, -0.2) is 9.98 Å². The van der Waals surface area contributed by atoms with E-state index >= 15 is 0 Å². The van der Waals surface area contributed by atoms with E-state index in [-0.39, 0.29) is 11.7 Å². The van der Waals surface area contributed by atoms with Gasteiger partial charge in [-0.05, 0) is 30.7 Å². The van der Waals surface area contributed by atoms with Crippen molar-refractivity contribution in [2.24, 2.45) is 9.98 Å². The highest BCUT2D eigenvalue weighted by molar-refractivity contribution is 8.14. The molecule has 1 aliphatic rings. The lowest BCUT2D eigenvalue weighted by Crippen LogP contribution is -2.34. The number of amidine groups is 2. The van der Waals surface area contributed by atoms with Crippen LogP contribution >= 0.6 is 11.8 Å². The third-order valence-electron chi connectivity index (χ3n) is 4.65. The molecular weight excluding hydrogens is 392 g/mol. The molecule has 0 atom stereocenters. The second kappa shape index (κ2) is 9.41. The van der Waals surface area contributed by atoms with Crippen molar-refractivity contribution in [3.05, 3.63) is 96.1 Å². The number of anilines is 2. The molecule has 3 aromatic rings. The van der Waals surface area contributed by atoms with Crippen LogP contribution in [0.4, 0.5) is 11.4 Å². The summed E-state index contributed by atoms with van der Waals surface area (Å²) in [6.45, 7) is 2.44. The molecule has 4 rings (SSSR count). The van der Waals surface area contributed by atoms with Crippen LogP contribution in [0.15, 0.2) is 94.9 Å². The predicted octanol–water partition coefficient (Wildman–Crippen LogP) is 4.95. The van der Waals surface area contributed by atoms with Gasteiger partial charge >= 0.3 is 0 Å². The Balaban J connectivity index is 1.52. The van der Waals surface area contributed by atoms with E-state index in [1.54, 1.807) is 0 Å². The number of thioether (sulfide) groups is 1. The second-order valence-electron chi connectivity index (χ2n) is 6.80. The topological polar surface area (TPSA) is 57.1 Å². The number of hydrogen-bond acceptors (Lipinski definition) is 5. The minimum absolute atomic E-state index is 0.0613. The smallest absolute Gasteiger partial charge is 0.234 e. The Hall–Kier alpha value is -3.38. The van der Waals surface area contributed by atoms with Crippen LogP contribution in [0.3, 0.4) is 0 Å². The van der Waals surface area contributed by atoms with E-state index in [1.165, 1.54) is 11.8 Å². The van der Waals surface area contributed by atoms with E-state index < -0.39 is 0 Å². The summed E-state index contributed by atoms with van der Waals surface area (Å²) in [4.78, 5) is 24.0. The largest absolute Gasteiger partial charge is 0.325 e. The van der Waals surface area contributed by atoms with E-state index in [9.17, 15) is 4.79 Å². The molecule has 6 heteroatoms. The summed E-state index contributed by atoms with van der Waals surface area (Å²) < 4.78 is 0. The van der Waals surface area contributed by atoms with Gasteiger partial charge in [0, 0.05) is 16.9 Å². The number of aryl methyl sites for hydroxylation is 1. The van der Waals surface area contributed by atoms with Crippen LogP contribution in [0.1, 0.15) is 11.1 Å². The molecular formula is C24H22N4OS. The van der Waals surface area contributed by atoms with Crippen molar-refractivity contribution < 1.29 is 4.79 Å². The van der Waals surface area contributed by atoms with Gasteiger partial charge in [-0.3, -0.25) is 4.79 Å². The fourth-order valence-electron chi connectivity index (χ4n) is 3.07. The molecule has 0 aromatic heterocycles. The number of para-hydroxylation sites is 2. The summed E-state index contributed by atoms with van der Waals surface area (Å²) in [5.74, 6) is 0.886. The summed E-state index contributed by atoms with van der Waals surface area (Å²) >= 11 is 1.41. The number of rotatable bonds is 5. The Morgan fingerprint density at radius 2 is 1.63 bits per heavy atom. The highest BCUT2D eigenvalue weighted by Crippen LogP contribution is 2.24. The summed E-state index contributed by atoms with van der Waals surface area (Å²) in [6, 6.07) is 27.7. The van der Waals surface area contributed by atoms with Crippen LogP contribution in [0.25, 0.3) is 0 Å². The molecule has 1 heterocycles. The molecule has 0 saturated heterocycles. The normalized spacial score (nSPS) is 13.4. The average Bonchev–Trinajstić information content (AvgIpc) is 2.80. The number of carbonyl (C=O) groups is 1. The Morgan fingerprint density at radius 1 is 0.967 bits per heavy atom. The molecule has 150 valence electrons. The Labute approximate surface area is 180 Å². The lowest BCUT2D eigenvalue weighted by molar-refractivity contribution is -0.113. The number of carbonyl (C=O) groups excluding carboxylic acids is 1. The summed E-state index contributed by atoms with van der Waals surface area (Å²) in [7, 11) is 0. The molecule has 3 aromatic carbocycles. The zero-order chi connectivity index (χ0) is 20.8. The van der Waals surface area contributed by atoms with Gasteiger partial charge in [0.15, 0.2) is 11.0 Å². The number of nitrogens with one attached hydrogen (secondary N) is 1. The number of amides is 1. The summed E-state index contributed by atoms with van der Waals surface area (Å²) in [5.41, 5.74) is 3.84. The van der Waals surface area contributed by atoms with Crippen molar-refractivity contribution in [3.63, 3.8) is 0 Å². The van der Waals surface area contributed by atoms with Crippen LogP contribution in [0.5, 0.6) is 0 Å². The highest BCUT2D eigenvalue weighted by atomic mass is 32.2. The van der Waals surface area contributed by atoms with Crippen molar-refractivity contribution in [2.75, 3.05) is 22.6 Å². The Bertz CT molecular complexity index is 1080. The lowest BCUT2D eigenvalue weighted by atomic mass is 10.2. The molecule has 0 unspecified atom stereocenters. The molecule has 0 fully saturated rings. The molecule has 0 bridgehead atoms. The quantitative estimate of drug-likeness (QED) is 0.643. The fourth-order valence-corrected chi connectivity index (χ4v) is 3.87. The summed E-state index contributed by atoms with van der Waals surface area (Å²) in [6.07, 6.45) is 0. The van der Waals surface area contributed by atoms with E-state index in [2.05, 4.69) is 10.3 Å². The van der Waals surface area contributed by atoms with Crippen molar-refractivity contribution >= 4 is 40.0 Å². The monoisotopic (exact) mass is 414 g/mol. The van der Waals surface area contributed by atoms with Crippen LogP contribution in [0.2, 0.25) is 0 Å². The molecule has 1 N–H and O–H groups in total. The minimum Gasteiger partial charge on any atom is -0.325 e. The SMILES string of the molecule is Cc1ccccc1NC(=O)CSC1=NC(c2ccccc2)=NCN1c1ccccc1. The first-order chi connectivity index (χ1) is 14.7. The summed E-state index contributed by atoms with van der Waals surface area (Å²) in [5, 5.41) is 3.74. The molecule has 0 spiro atoms. The van der Waals surface area contributed by atoms with Crippen LogP contribution in [0, 0.1) is 6.92 Å². The van der Waals surface area contributed by atoms with Crippen molar-refractivity contribution in [3.8, 4) is 0 Å². The number of nitrogens with zero attached hydrogens (tertiary/aromatic N) is 3. The molecule has 0 aliphatic carbocycles. The third-order valence-corrected chi connectivity index (χ3v) is 5.62. The number of benzene rings is 3. The maximum Gasteiger partial charge on any atom is 0.234 e. The molecule has 5 nitrogen and oxygen atoms in total. The van der Waals surface area contributed by atoms with E-state index in [4.69, 9.17) is 4.99 Å². The van der Waals surface area contributed by atoms with Gasteiger partial charge in [-0.15, -0.1) is 0 Å². The van der Waals surface area contributed by atoms with E-state index in [0.717, 1.165) is 27.7 Å². The lowest BCUT2D eigenvalue weighted by Gasteiger charge is -2.27. The average molecular weight is 415 g/mol. The first-order valence-corrected chi connectivity index (χ1v) is 10.7. The molecule has 1 amide bonds. The van der Waals surface area contributed by atoms with Crippen LogP contribution in [-0.4, -0.2) is 29.3 Å². The molecule has 0 radical (unpaired) electrons. The van der Waals surface area contributed by atoms with Crippen LogP contribution < -0.4 is 10.2 Å². The second-order valence-corrected chi connectivity index (χ2v) is 7.74. The third kappa shape index (κ3) is 4.78. The first-order valence-electron chi connectivity index (χ1n) is 9.70.